The number of aliphatic imine (C=N–C) groups is 1. The Hall–Kier alpha value is -3.64. The Bertz CT molecular complexity index is 2530. The monoisotopic (exact) mass is 1290 g/mol. The van der Waals surface area contributed by atoms with Crippen molar-refractivity contribution in [2.75, 3.05) is 66.5 Å². The number of nitrogens with one attached hydrogen (secondary N) is 6. The molecule has 1 spiro atoms. The van der Waals surface area contributed by atoms with Crippen LogP contribution in [0.25, 0.3) is 0 Å². The van der Waals surface area contributed by atoms with Crippen molar-refractivity contribution in [1.82, 2.24) is 56.4 Å². The summed E-state index contributed by atoms with van der Waals surface area (Å²) in [6, 6.07) is 6.20. The first-order valence-corrected chi connectivity index (χ1v) is 36.9. The number of nitrogens with zero attached hydrogens (tertiary/aromatic N) is 6. The van der Waals surface area contributed by atoms with Crippen molar-refractivity contribution in [3.63, 3.8) is 0 Å². The van der Waals surface area contributed by atoms with Crippen LogP contribution in [0.5, 0.6) is 0 Å². The number of hydrogen-bond donors (Lipinski definition) is 6. The molecule has 8 rings (SSSR count). The van der Waals surface area contributed by atoms with Crippen LogP contribution in [0.15, 0.2) is 71.2 Å². The molecule has 11 atom stereocenters. The quantitative estimate of drug-likeness (QED) is 0.127. The third kappa shape index (κ3) is 20.7. The Labute approximate surface area is 554 Å². The molecule has 1 aromatic carbocycles. The number of benzene rings is 1. The largest absolute Gasteiger partial charge is 0.417 e. The van der Waals surface area contributed by atoms with E-state index < -0.39 is 11.7 Å². The lowest BCUT2D eigenvalue weighted by Crippen LogP contribution is -2.76. The molecule has 7 aliphatic rings. The minimum absolute atomic E-state index is 0.0288. The second-order valence-electron chi connectivity index (χ2n) is 29.9. The highest BCUT2D eigenvalue weighted by Crippen LogP contribution is 2.44. The Morgan fingerprint density at radius 3 is 2.21 bits per heavy atom. The second-order valence-corrected chi connectivity index (χ2v) is 30.3. The molecule has 91 heavy (non-hydrogen) atoms. The summed E-state index contributed by atoms with van der Waals surface area (Å²) in [7, 11) is 4.33. The Morgan fingerprint density at radius 2 is 1.53 bits per heavy atom. The molecule has 514 valence electrons. The number of amides is 1. The van der Waals surface area contributed by atoms with Gasteiger partial charge in [-0.3, -0.25) is 14.7 Å². The van der Waals surface area contributed by atoms with Crippen molar-refractivity contribution in [1.29, 1.82) is 0 Å². The van der Waals surface area contributed by atoms with E-state index in [0.717, 1.165) is 121 Å². The summed E-state index contributed by atoms with van der Waals surface area (Å²) in [6.07, 6.45) is 34.1. The van der Waals surface area contributed by atoms with E-state index >= 15 is 0 Å². The van der Waals surface area contributed by atoms with Gasteiger partial charge in [-0.15, -0.1) is 0 Å². The first kappa shape index (κ1) is 73.2. The second kappa shape index (κ2) is 35.4. The van der Waals surface area contributed by atoms with Gasteiger partial charge in [-0.05, 0) is 159 Å². The van der Waals surface area contributed by atoms with Crippen LogP contribution in [-0.4, -0.2) is 163 Å². The zero-order valence-electron chi connectivity index (χ0n) is 58.3. The van der Waals surface area contributed by atoms with Gasteiger partial charge < -0.3 is 51.5 Å². The summed E-state index contributed by atoms with van der Waals surface area (Å²) >= 11 is 6.22. The predicted octanol–water partition coefficient (Wildman–Crippen LogP) is 13.8. The van der Waals surface area contributed by atoms with Gasteiger partial charge in [-0.1, -0.05) is 116 Å². The molecule has 4 heterocycles. The summed E-state index contributed by atoms with van der Waals surface area (Å²) < 4.78 is 41.1. The van der Waals surface area contributed by atoms with E-state index in [1.807, 2.05) is 18.5 Å². The molecule has 17 heteroatoms. The molecule has 0 radical (unpaired) electrons. The summed E-state index contributed by atoms with van der Waals surface area (Å²) in [5.41, 5.74) is 3.47. The van der Waals surface area contributed by atoms with Gasteiger partial charge in [0.05, 0.1) is 23.0 Å². The molecule has 6 fully saturated rings. The number of likely N-dealkylation sites (tertiary alicyclic amines) is 1. The summed E-state index contributed by atoms with van der Waals surface area (Å²) in [5.74, 6) is 2.55. The molecule has 3 aliphatic carbocycles. The van der Waals surface area contributed by atoms with E-state index in [1.54, 1.807) is 0 Å². The number of halogens is 4. The zero-order valence-corrected chi connectivity index (χ0v) is 59.1. The molecule has 5 unspecified atom stereocenters. The van der Waals surface area contributed by atoms with Gasteiger partial charge in [0.25, 0.3) is 0 Å². The number of rotatable bonds is 11. The van der Waals surface area contributed by atoms with E-state index in [9.17, 15) is 18.0 Å². The zero-order chi connectivity index (χ0) is 65.2. The van der Waals surface area contributed by atoms with Gasteiger partial charge in [-0.2, -0.15) is 13.2 Å². The van der Waals surface area contributed by atoms with Gasteiger partial charge in [0.1, 0.15) is 0 Å². The maximum Gasteiger partial charge on any atom is 0.417 e. The van der Waals surface area contributed by atoms with Crippen molar-refractivity contribution in [3.8, 4) is 0 Å². The minimum atomic E-state index is -4.51. The number of carbonyl (C=O) groups excluding carboxylic acids is 1. The molecule has 0 aromatic heterocycles. The normalized spacial score (nSPS) is 30.7. The number of hydrogen-bond acceptors (Lipinski definition) is 12. The van der Waals surface area contributed by atoms with Crippen LogP contribution in [0.4, 0.5) is 13.2 Å². The number of carbonyl (C=O) groups is 1. The lowest BCUT2D eigenvalue weighted by molar-refractivity contribution is -0.161. The topological polar surface area (TPSA) is 118 Å². The fourth-order valence-electron chi connectivity index (χ4n) is 16.9. The average Bonchev–Trinajstić information content (AvgIpc) is 0.969. The van der Waals surface area contributed by atoms with Crippen LogP contribution in [0.3, 0.4) is 0 Å². The van der Waals surface area contributed by atoms with E-state index in [-0.39, 0.29) is 58.8 Å². The summed E-state index contributed by atoms with van der Waals surface area (Å²) in [5, 5.41) is 24.2. The van der Waals surface area contributed by atoms with E-state index in [1.165, 1.54) is 101 Å². The summed E-state index contributed by atoms with van der Waals surface area (Å²) in [6.45, 7) is 28.3. The van der Waals surface area contributed by atoms with E-state index in [2.05, 4.69) is 151 Å². The van der Waals surface area contributed by atoms with Crippen LogP contribution in [0, 0.1) is 29.6 Å². The van der Waals surface area contributed by atoms with Gasteiger partial charge in [-0.25, -0.2) is 0 Å². The molecule has 4 aliphatic heterocycles. The highest BCUT2D eigenvalue weighted by molar-refractivity contribution is 6.31. The molecular formula is C74H124ClF3N12O. The fraction of sp³-hybridized carbons (Fsp3) is 0.784. The first-order chi connectivity index (χ1) is 43.6. The van der Waals surface area contributed by atoms with E-state index in [4.69, 9.17) is 16.6 Å². The average molecular weight is 1290 g/mol. The van der Waals surface area contributed by atoms with Gasteiger partial charge in [0.2, 0.25) is 5.91 Å². The molecular weight excluding hydrogens is 1170 g/mol. The van der Waals surface area contributed by atoms with Gasteiger partial charge in [0, 0.05) is 168 Å². The Morgan fingerprint density at radius 1 is 0.813 bits per heavy atom. The SMILES string of the molecule is CC[C@H](C)[C@H]1CN[C@@H](CC(C)C)C(C)NCC2[C@@H](C(=O)N3CCCC3)C(C)N2[C@@H](C2CCCCC2)C(C)NC2(CCCC2)CNCCN=CC=C(CCc2ccc(C(F)(F)F)c(Cl)c2)NC=CN(C)C=C(CC2CCCCC2)N(C)C=C2CCCN2[C@@H](C)C(C)N1. The van der Waals surface area contributed by atoms with Crippen LogP contribution in [0.1, 0.15) is 215 Å². The number of allylic oxidation sites excluding steroid dienone is 4. The maximum atomic E-state index is 14.9. The van der Waals surface area contributed by atoms with Crippen molar-refractivity contribution in [3.05, 3.63) is 82.3 Å². The highest BCUT2D eigenvalue weighted by Gasteiger charge is 2.56. The van der Waals surface area contributed by atoms with Crippen molar-refractivity contribution in [2.45, 2.75) is 276 Å². The maximum absolute atomic E-state index is 14.9. The van der Waals surface area contributed by atoms with Gasteiger partial charge >= 0.3 is 6.18 Å². The van der Waals surface area contributed by atoms with Crippen LogP contribution in [0.2, 0.25) is 5.02 Å². The lowest BCUT2D eigenvalue weighted by atomic mass is 9.71. The summed E-state index contributed by atoms with van der Waals surface area (Å²) in [4.78, 5) is 32.0. The highest BCUT2D eigenvalue weighted by atomic mass is 35.5. The molecule has 1 amide bonds. The predicted molar refractivity (Wildman–Crippen MR) is 373 cm³/mol. The van der Waals surface area contributed by atoms with Crippen LogP contribution >= 0.6 is 11.6 Å². The Kier molecular flexibility index (Phi) is 28.5. The standard InChI is InChI=1S/C74H124ClF3N12O/c1-12-53(4)68-47-83-67(44-52(2)3)55(6)82-48-69-70(72(91)88-40-21-22-41-88)58(9)90(69)71(61-26-17-14-18-27-61)56(7)85-73(34-19-20-35-73)51-80-38-37-79-36-33-62(31-29-60-30-32-65(66(75)46-60)74(76,77)78)81-39-43-86(10)49-64(45-59-24-15-13-16-25-59)87(11)50-63-28-23-42-89(63)57(8)54(5)84-68/h30,32-33,36,39,43,46,49-50,52-59,61,67-71,80-85H,12-29,31,34-35,37-38,40-42,44-45,47-48,51H2,1-11H3/t53-,54?,55?,56?,57-,58?,67-,68+,69?,70-,71+/m0/s1. The fourth-order valence-corrected chi connectivity index (χ4v) is 17.2. The lowest BCUT2D eigenvalue weighted by Gasteiger charge is -2.60. The smallest absolute Gasteiger partial charge is 0.369 e. The van der Waals surface area contributed by atoms with E-state index in [0.29, 0.717) is 61.0 Å². The van der Waals surface area contributed by atoms with Crippen molar-refractivity contribution >= 4 is 23.7 Å². The van der Waals surface area contributed by atoms with Crippen LogP contribution < -0.4 is 31.9 Å². The molecule has 1 aromatic rings. The molecule has 13 nitrogen and oxygen atoms in total. The number of aryl methyl sites for hydroxylation is 1. The van der Waals surface area contributed by atoms with Crippen molar-refractivity contribution < 1.29 is 18.0 Å². The van der Waals surface area contributed by atoms with Gasteiger partial charge in [0.15, 0.2) is 0 Å². The molecule has 0 bridgehead atoms. The Balaban J connectivity index is 1.09. The molecule has 3 saturated carbocycles. The van der Waals surface area contributed by atoms with Crippen LogP contribution in [-0.2, 0) is 17.4 Å². The first-order valence-electron chi connectivity index (χ1n) is 36.5. The third-order valence-corrected chi connectivity index (χ3v) is 22.9. The number of fused-ring (bicyclic) bond motifs is 2. The minimum Gasteiger partial charge on any atom is -0.369 e. The number of alkyl halides is 3. The molecule has 6 N–H and O–H groups in total. The third-order valence-electron chi connectivity index (χ3n) is 22.6. The van der Waals surface area contributed by atoms with Crippen molar-refractivity contribution in [2.24, 2.45) is 34.6 Å². The molecule has 3 saturated heterocycles.